The van der Waals surface area contributed by atoms with E-state index in [9.17, 15) is 0 Å². The lowest BCUT2D eigenvalue weighted by atomic mass is 10.2. The van der Waals surface area contributed by atoms with Gasteiger partial charge in [0, 0.05) is 6.54 Å². The van der Waals surface area contributed by atoms with Crippen molar-refractivity contribution in [2.75, 3.05) is 16.8 Å². The van der Waals surface area contributed by atoms with E-state index >= 15 is 0 Å². The topological polar surface area (TPSA) is 129 Å². The molecule has 0 spiro atoms. The zero-order valence-corrected chi connectivity index (χ0v) is 13.6. The van der Waals surface area contributed by atoms with Crippen LogP contribution in [0.3, 0.4) is 0 Å². The molecule has 0 radical (unpaired) electrons. The third kappa shape index (κ3) is 4.50. The first-order valence-corrected chi connectivity index (χ1v) is 8.49. The average molecular weight is 346 g/mol. The average Bonchev–Trinajstić information content (AvgIpc) is 2.99. The molecule has 5 N–H and O–H groups in total. The van der Waals surface area contributed by atoms with Crippen molar-refractivity contribution in [2.24, 2.45) is 0 Å². The van der Waals surface area contributed by atoms with Gasteiger partial charge in [0.15, 0.2) is 4.34 Å². The molecule has 0 saturated heterocycles. The van der Waals surface area contributed by atoms with Gasteiger partial charge >= 0.3 is 0 Å². The van der Waals surface area contributed by atoms with Crippen LogP contribution in [0.4, 0.5) is 17.0 Å². The molecule has 0 atom stereocenters. The van der Waals surface area contributed by atoms with Gasteiger partial charge in [0.25, 0.3) is 0 Å². The van der Waals surface area contributed by atoms with Gasteiger partial charge in [0.1, 0.15) is 5.82 Å². The molecule has 0 aliphatic rings. The second-order valence-corrected chi connectivity index (χ2v) is 6.67. The summed E-state index contributed by atoms with van der Waals surface area (Å²) >= 11 is 2.95. The largest absolute Gasteiger partial charge is 0.368 e. The van der Waals surface area contributed by atoms with Crippen molar-refractivity contribution in [1.82, 2.24) is 25.1 Å². The minimum Gasteiger partial charge on any atom is -0.368 e. The fourth-order valence-electron chi connectivity index (χ4n) is 1.76. The summed E-state index contributed by atoms with van der Waals surface area (Å²) in [5.41, 5.74) is 12.3. The first-order chi connectivity index (χ1) is 11.2. The van der Waals surface area contributed by atoms with E-state index in [1.807, 2.05) is 18.2 Å². The zero-order chi connectivity index (χ0) is 16.1. The van der Waals surface area contributed by atoms with Crippen LogP contribution in [-0.2, 0) is 12.3 Å². The number of hydrogen-bond acceptors (Lipinski definition) is 10. The molecule has 1 aromatic carbocycles. The Kier molecular flexibility index (Phi) is 4.83. The Balaban J connectivity index is 1.55. The van der Waals surface area contributed by atoms with E-state index in [4.69, 9.17) is 11.5 Å². The van der Waals surface area contributed by atoms with E-state index in [0.717, 1.165) is 9.47 Å². The number of nitrogens with one attached hydrogen (secondary N) is 1. The smallest absolute Gasteiger partial charge is 0.225 e. The number of benzene rings is 1. The summed E-state index contributed by atoms with van der Waals surface area (Å²) in [4.78, 5) is 11.8. The van der Waals surface area contributed by atoms with E-state index in [1.54, 1.807) is 0 Å². The standard InChI is InChI=1S/C13H14N8S2/c14-10-17-9(18-11(15)19-10)7-22-13-21-20-12(23-13)16-6-8-4-2-1-3-5-8/h1-5H,6-7H2,(H,16,20)(H4,14,15,17,18,19). The Labute approximate surface area is 140 Å². The minimum atomic E-state index is 0.121. The Morgan fingerprint density at radius 3 is 2.48 bits per heavy atom. The van der Waals surface area contributed by atoms with Gasteiger partial charge in [0.2, 0.25) is 17.0 Å². The molecule has 3 rings (SSSR count). The van der Waals surface area contributed by atoms with Crippen molar-refractivity contribution in [3.05, 3.63) is 41.7 Å². The lowest BCUT2D eigenvalue weighted by Crippen LogP contribution is -2.05. The number of nitrogens with zero attached hydrogens (tertiary/aromatic N) is 5. The summed E-state index contributed by atoms with van der Waals surface area (Å²) in [5, 5.41) is 12.3. The van der Waals surface area contributed by atoms with Crippen molar-refractivity contribution in [2.45, 2.75) is 16.6 Å². The maximum atomic E-state index is 5.54. The van der Waals surface area contributed by atoms with Crippen LogP contribution in [0.1, 0.15) is 11.4 Å². The molecular formula is C13H14N8S2. The molecule has 0 aliphatic heterocycles. The van der Waals surface area contributed by atoms with Crippen molar-refractivity contribution < 1.29 is 0 Å². The SMILES string of the molecule is Nc1nc(N)nc(CSc2nnc(NCc3ccccc3)s2)n1. The summed E-state index contributed by atoms with van der Waals surface area (Å²) in [6.45, 7) is 0.709. The highest BCUT2D eigenvalue weighted by atomic mass is 32.2. The van der Waals surface area contributed by atoms with Crippen LogP contribution >= 0.6 is 23.1 Å². The van der Waals surface area contributed by atoms with Crippen LogP contribution in [0.15, 0.2) is 34.7 Å². The fourth-order valence-corrected chi connectivity index (χ4v) is 3.36. The summed E-state index contributed by atoms with van der Waals surface area (Å²) in [7, 11) is 0. The number of anilines is 3. The predicted octanol–water partition coefficient (Wildman–Crippen LogP) is 1.79. The van der Waals surface area contributed by atoms with Gasteiger partial charge in [-0.05, 0) is 5.56 Å². The first kappa shape index (κ1) is 15.4. The van der Waals surface area contributed by atoms with Crippen molar-refractivity contribution in [1.29, 1.82) is 0 Å². The van der Waals surface area contributed by atoms with Gasteiger partial charge in [0.05, 0.1) is 5.75 Å². The van der Waals surface area contributed by atoms with E-state index in [1.165, 1.54) is 28.7 Å². The van der Waals surface area contributed by atoms with Crippen LogP contribution in [0.5, 0.6) is 0 Å². The molecule has 10 heteroatoms. The molecule has 2 heterocycles. The quantitative estimate of drug-likeness (QED) is 0.572. The van der Waals surface area contributed by atoms with E-state index in [-0.39, 0.29) is 11.9 Å². The first-order valence-electron chi connectivity index (χ1n) is 6.69. The Morgan fingerprint density at radius 1 is 1.00 bits per heavy atom. The highest BCUT2D eigenvalue weighted by molar-refractivity contribution is 8.00. The monoisotopic (exact) mass is 346 g/mol. The molecule has 23 heavy (non-hydrogen) atoms. The number of nitrogens with two attached hydrogens (primary N) is 2. The van der Waals surface area contributed by atoms with Gasteiger partial charge < -0.3 is 16.8 Å². The highest BCUT2D eigenvalue weighted by Crippen LogP contribution is 2.27. The van der Waals surface area contributed by atoms with Gasteiger partial charge in [-0.2, -0.15) is 15.0 Å². The molecule has 2 aromatic heterocycles. The predicted molar refractivity (Wildman–Crippen MR) is 91.9 cm³/mol. The van der Waals surface area contributed by atoms with Crippen LogP contribution < -0.4 is 16.8 Å². The normalized spacial score (nSPS) is 10.6. The summed E-state index contributed by atoms with van der Waals surface area (Å²) in [6.07, 6.45) is 0. The zero-order valence-electron chi connectivity index (χ0n) is 12.0. The molecule has 0 aliphatic carbocycles. The highest BCUT2D eigenvalue weighted by Gasteiger charge is 2.08. The second-order valence-electron chi connectivity index (χ2n) is 4.47. The van der Waals surface area contributed by atoms with Crippen molar-refractivity contribution >= 4 is 40.1 Å². The number of nitrogen functional groups attached to an aromatic ring is 2. The van der Waals surface area contributed by atoms with Crippen LogP contribution in [0.2, 0.25) is 0 Å². The van der Waals surface area contributed by atoms with Crippen LogP contribution in [0.25, 0.3) is 0 Å². The summed E-state index contributed by atoms with van der Waals surface area (Å²) < 4.78 is 0.818. The van der Waals surface area contributed by atoms with Crippen molar-refractivity contribution in [3.8, 4) is 0 Å². The van der Waals surface area contributed by atoms with E-state index < -0.39 is 0 Å². The lowest BCUT2D eigenvalue weighted by molar-refractivity contribution is 0.976. The van der Waals surface area contributed by atoms with Crippen LogP contribution in [0, 0.1) is 0 Å². The maximum absolute atomic E-state index is 5.54. The molecule has 0 bridgehead atoms. The molecule has 118 valence electrons. The van der Waals surface area contributed by atoms with E-state index in [0.29, 0.717) is 18.1 Å². The molecular weight excluding hydrogens is 332 g/mol. The number of hydrogen-bond donors (Lipinski definition) is 3. The molecule has 0 amide bonds. The molecule has 0 saturated carbocycles. The Hall–Kier alpha value is -2.46. The maximum Gasteiger partial charge on any atom is 0.225 e. The molecule has 3 aromatic rings. The minimum absolute atomic E-state index is 0.121. The molecule has 8 nitrogen and oxygen atoms in total. The summed E-state index contributed by atoms with van der Waals surface area (Å²) in [5.74, 6) is 1.27. The number of rotatable bonds is 6. The number of thioether (sulfide) groups is 1. The molecule has 0 fully saturated rings. The fraction of sp³-hybridized carbons (Fsp3) is 0.154. The summed E-state index contributed by atoms with van der Waals surface area (Å²) in [6, 6.07) is 10.1. The van der Waals surface area contributed by atoms with Gasteiger partial charge in [-0.3, -0.25) is 0 Å². The molecule has 0 unspecified atom stereocenters. The van der Waals surface area contributed by atoms with Gasteiger partial charge in [-0.1, -0.05) is 53.4 Å². The van der Waals surface area contributed by atoms with Crippen molar-refractivity contribution in [3.63, 3.8) is 0 Å². The Bertz CT molecular complexity index is 756. The third-order valence-corrected chi connectivity index (χ3v) is 4.74. The lowest BCUT2D eigenvalue weighted by Gasteiger charge is -2.01. The van der Waals surface area contributed by atoms with Gasteiger partial charge in [-0.15, -0.1) is 10.2 Å². The third-order valence-electron chi connectivity index (χ3n) is 2.73. The van der Waals surface area contributed by atoms with E-state index in [2.05, 4.69) is 42.6 Å². The Morgan fingerprint density at radius 2 is 1.74 bits per heavy atom. The van der Waals surface area contributed by atoms with Gasteiger partial charge in [-0.25, -0.2) is 0 Å². The van der Waals surface area contributed by atoms with Crippen LogP contribution in [-0.4, -0.2) is 25.1 Å². The second kappa shape index (κ2) is 7.20. The number of aromatic nitrogens is 5.